The summed E-state index contributed by atoms with van der Waals surface area (Å²) in [5.41, 5.74) is 1.35. The number of nitrogens with one attached hydrogen (secondary N) is 1. The smallest absolute Gasteiger partial charge is 0.244 e. The SMILES string of the molecule is Cc1cc(Cl)ccc1N(CC(=O)N(Cc1c(Cl)cccc1Cl)[C@@H](C)C(=O)NC(C)C)S(C)(=O)=O. The molecule has 2 rings (SSSR count). The lowest BCUT2D eigenvalue weighted by Crippen LogP contribution is -2.52. The number of anilines is 1. The number of carbonyl (C=O) groups excluding carboxylic acids is 2. The van der Waals surface area contributed by atoms with E-state index in [2.05, 4.69) is 5.32 Å². The minimum Gasteiger partial charge on any atom is -0.352 e. The molecule has 0 aliphatic heterocycles. The quantitative estimate of drug-likeness (QED) is 0.494. The molecular formula is C23H28Cl3N3O4S. The Balaban J connectivity index is 2.49. The van der Waals surface area contributed by atoms with Crippen molar-refractivity contribution in [2.75, 3.05) is 17.1 Å². The van der Waals surface area contributed by atoms with Gasteiger partial charge in [0.15, 0.2) is 0 Å². The summed E-state index contributed by atoms with van der Waals surface area (Å²) in [4.78, 5) is 27.6. The third-order valence-corrected chi connectivity index (χ3v) is 7.16. The zero-order valence-electron chi connectivity index (χ0n) is 19.6. The predicted molar refractivity (Wildman–Crippen MR) is 138 cm³/mol. The van der Waals surface area contributed by atoms with Crippen LogP contribution in [-0.2, 0) is 26.2 Å². The molecule has 0 spiro atoms. The van der Waals surface area contributed by atoms with Gasteiger partial charge in [-0.3, -0.25) is 13.9 Å². The van der Waals surface area contributed by atoms with Crippen molar-refractivity contribution in [1.82, 2.24) is 10.2 Å². The number of carbonyl (C=O) groups is 2. The molecular weight excluding hydrogens is 521 g/mol. The molecule has 0 saturated carbocycles. The summed E-state index contributed by atoms with van der Waals surface area (Å²) in [7, 11) is -3.85. The molecule has 11 heteroatoms. The molecule has 0 aliphatic rings. The van der Waals surface area contributed by atoms with Gasteiger partial charge in [0, 0.05) is 33.2 Å². The maximum absolute atomic E-state index is 13.5. The number of benzene rings is 2. The second kappa shape index (κ2) is 11.6. The lowest BCUT2D eigenvalue weighted by Gasteiger charge is -2.32. The van der Waals surface area contributed by atoms with E-state index in [1.165, 1.54) is 11.0 Å². The highest BCUT2D eigenvalue weighted by Gasteiger charge is 2.31. The molecule has 2 aromatic rings. The first-order valence-electron chi connectivity index (χ1n) is 10.5. The Hall–Kier alpha value is -2.00. The Labute approximate surface area is 216 Å². The molecule has 34 heavy (non-hydrogen) atoms. The summed E-state index contributed by atoms with van der Waals surface area (Å²) in [6, 6.07) is 8.55. The molecule has 0 fully saturated rings. The fraction of sp³-hybridized carbons (Fsp3) is 0.391. The van der Waals surface area contributed by atoms with E-state index < -0.39 is 28.5 Å². The van der Waals surface area contributed by atoms with Crippen molar-refractivity contribution in [1.29, 1.82) is 0 Å². The number of rotatable bonds is 9. The number of hydrogen-bond donors (Lipinski definition) is 1. The maximum atomic E-state index is 13.5. The number of amides is 2. The van der Waals surface area contributed by atoms with Crippen molar-refractivity contribution in [3.05, 3.63) is 62.6 Å². The van der Waals surface area contributed by atoms with E-state index in [0.717, 1.165) is 10.6 Å². The molecule has 1 N–H and O–H groups in total. The van der Waals surface area contributed by atoms with E-state index in [1.807, 2.05) is 0 Å². The Morgan fingerprint density at radius 2 is 1.62 bits per heavy atom. The first kappa shape index (κ1) is 28.2. The molecule has 0 radical (unpaired) electrons. The van der Waals surface area contributed by atoms with Gasteiger partial charge in [0.05, 0.1) is 11.9 Å². The van der Waals surface area contributed by atoms with Crippen LogP contribution in [0.3, 0.4) is 0 Å². The Bertz CT molecular complexity index is 1150. The minimum absolute atomic E-state index is 0.0821. The fourth-order valence-electron chi connectivity index (χ4n) is 3.33. The van der Waals surface area contributed by atoms with Crippen molar-refractivity contribution >= 4 is 62.3 Å². The van der Waals surface area contributed by atoms with E-state index in [9.17, 15) is 18.0 Å². The van der Waals surface area contributed by atoms with Gasteiger partial charge >= 0.3 is 0 Å². The highest BCUT2D eigenvalue weighted by atomic mass is 35.5. The van der Waals surface area contributed by atoms with Gasteiger partial charge in [0.2, 0.25) is 21.8 Å². The van der Waals surface area contributed by atoms with Crippen LogP contribution in [0, 0.1) is 6.92 Å². The fourth-order valence-corrected chi connectivity index (χ4v) is 4.99. The van der Waals surface area contributed by atoms with Crippen molar-refractivity contribution in [3.8, 4) is 0 Å². The minimum atomic E-state index is -3.85. The number of hydrogen-bond acceptors (Lipinski definition) is 4. The molecule has 186 valence electrons. The van der Waals surface area contributed by atoms with Crippen molar-refractivity contribution in [2.45, 2.75) is 46.3 Å². The highest BCUT2D eigenvalue weighted by molar-refractivity contribution is 7.92. The summed E-state index contributed by atoms with van der Waals surface area (Å²) in [6.07, 6.45) is 1.01. The van der Waals surface area contributed by atoms with Gasteiger partial charge in [-0.15, -0.1) is 0 Å². The Morgan fingerprint density at radius 3 is 2.12 bits per heavy atom. The average Bonchev–Trinajstić information content (AvgIpc) is 2.70. The summed E-state index contributed by atoms with van der Waals surface area (Å²) in [5, 5.41) is 3.88. The lowest BCUT2D eigenvalue weighted by atomic mass is 10.1. The van der Waals surface area contributed by atoms with Crippen molar-refractivity contribution in [2.24, 2.45) is 0 Å². The summed E-state index contributed by atoms with van der Waals surface area (Å²) in [6.45, 7) is 6.26. The van der Waals surface area contributed by atoms with E-state index in [1.54, 1.807) is 58.0 Å². The molecule has 0 unspecified atom stereocenters. The first-order valence-corrected chi connectivity index (χ1v) is 13.5. The van der Waals surface area contributed by atoms with Gasteiger partial charge in [-0.05, 0) is 63.6 Å². The van der Waals surface area contributed by atoms with Crippen molar-refractivity contribution in [3.63, 3.8) is 0 Å². The van der Waals surface area contributed by atoms with E-state index >= 15 is 0 Å². The molecule has 2 amide bonds. The monoisotopic (exact) mass is 547 g/mol. The molecule has 0 bridgehead atoms. The third kappa shape index (κ3) is 7.25. The van der Waals surface area contributed by atoms with Crippen LogP contribution >= 0.6 is 34.8 Å². The molecule has 7 nitrogen and oxygen atoms in total. The van der Waals surface area contributed by atoms with Crippen LogP contribution in [-0.4, -0.2) is 50.0 Å². The average molecular weight is 549 g/mol. The second-order valence-corrected chi connectivity index (χ2v) is 11.4. The van der Waals surface area contributed by atoms with Crippen molar-refractivity contribution < 1.29 is 18.0 Å². The summed E-state index contributed by atoms with van der Waals surface area (Å²) in [5.74, 6) is -0.984. The standard InChI is InChI=1S/C23H28Cl3N3O4S/c1-14(2)27-23(31)16(4)28(12-18-19(25)7-6-8-20(18)26)22(30)13-29(34(5,32)33)21-10-9-17(24)11-15(21)3/h6-11,14,16H,12-13H2,1-5H3,(H,27,31)/t16-/m0/s1. The van der Waals surface area contributed by atoms with Gasteiger partial charge in [-0.2, -0.15) is 0 Å². The summed E-state index contributed by atoms with van der Waals surface area (Å²) < 4.78 is 26.3. The van der Waals surface area contributed by atoms with Gasteiger partial charge < -0.3 is 10.2 Å². The third-order valence-electron chi connectivity index (χ3n) is 5.10. The van der Waals surface area contributed by atoms with Gasteiger partial charge in [-0.1, -0.05) is 40.9 Å². The zero-order valence-corrected chi connectivity index (χ0v) is 22.7. The first-order chi connectivity index (χ1) is 15.7. The number of halogens is 3. The molecule has 2 aromatic carbocycles. The normalized spacial score (nSPS) is 12.4. The second-order valence-electron chi connectivity index (χ2n) is 8.26. The van der Waals surface area contributed by atoms with Gasteiger partial charge in [-0.25, -0.2) is 8.42 Å². The molecule has 0 aromatic heterocycles. The van der Waals surface area contributed by atoms with Crippen LogP contribution in [0.25, 0.3) is 0 Å². The number of aryl methyl sites for hydroxylation is 1. The van der Waals surface area contributed by atoms with Crippen LogP contribution in [0.1, 0.15) is 31.9 Å². The maximum Gasteiger partial charge on any atom is 0.244 e. The Kier molecular flexibility index (Phi) is 9.65. The Morgan fingerprint density at radius 1 is 1.03 bits per heavy atom. The van der Waals surface area contributed by atoms with Crippen LogP contribution in [0.5, 0.6) is 0 Å². The van der Waals surface area contributed by atoms with E-state index in [-0.39, 0.29) is 18.5 Å². The lowest BCUT2D eigenvalue weighted by molar-refractivity contribution is -0.139. The summed E-state index contributed by atoms with van der Waals surface area (Å²) >= 11 is 18.6. The zero-order chi connectivity index (χ0) is 25.8. The van der Waals surface area contributed by atoms with E-state index in [0.29, 0.717) is 31.9 Å². The number of sulfonamides is 1. The van der Waals surface area contributed by atoms with Gasteiger partial charge in [0.1, 0.15) is 12.6 Å². The topological polar surface area (TPSA) is 86.8 Å². The number of nitrogens with zero attached hydrogens (tertiary/aromatic N) is 2. The predicted octanol–water partition coefficient (Wildman–Crippen LogP) is 4.66. The largest absolute Gasteiger partial charge is 0.352 e. The molecule has 1 atom stereocenters. The van der Waals surface area contributed by atoms with Crippen LogP contribution in [0.2, 0.25) is 15.1 Å². The highest BCUT2D eigenvalue weighted by Crippen LogP contribution is 2.28. The molecule has 0 heterocycles. The van der Waals surface area contributed by atoms with Crippen LogP contribution < -0.4 is 9.62 Å². The van der Waals surface area contributed by atoms with E-state index in [4.69, 9.17) is 34.8 Å². The van der Waals surface area contributed by atoms with Gasteiger partial charge in [0.25, 0.3) is 0 Å². The van der Waals surface area contributed by atoms with Crippen LogP contribution in [0.15, 0.2) is 36.4 Å². The molecule has 0 aliphatic carbocycles. The molecule has 0 saturated heterocycles. The van der Waals surface area contributed by atoms with Crippen LogP contribution in [0.4, 0.5) is 5.69 Å².